The van der Waals surface area contributed by atoms with Crippen molar-refractivity contribution in [2.45, 2.75) is 38.3 Å². The third-order valence-corrected chi connectivity index (χ3v) is 4.01. The molecule has 1 aromatic carbocycles. The summed E-state index contributed by atoms with van der Waals surface area (Å²) in [6, 6.07) is 8.96. The van der Waals surface area contributed by atoms with Gasteiger partial charge in [-0.3, -0.25) is 9.78 Å². The maximum atomic E-state index is 12.5. The molecule has 3 rings (SSSR count). The number of benzene rings is 1. The van der Waals surface area contributed by atoms with E-state index in [0.717, 1.165) is 29.3 Å². The standard InChI is InChI=1S/C17H18N2O3/c1-11(17(21)22)19(14-6-7-14)16(20)9-12-8-13-4-2-3-5-15(13)18-10-12/h2-5,8,10-11,14H,6-7,9H2,1H3,(H,21,22). The molecule has 0 saturated heterocycles. The summed E-state index contributed by atoms with van der Waals surface area (Å²) in [5, 5.41) is 10.2. The van der Waals surface area contributed by atoms with E-state index in [2.05, 4.69) is 4.98 Å². The number of fused-ring (bicyclic) bond motifs is 1. The van der Waals surface area contributed by atoms with E-state index in [4.69, 9.17) is 0 Å². The normalized spacial score (nSPS) is 15.5. The number of hydrogen-bond acceptors (Lipinski definition) is 3. The van der Waals surface area contributed by atoms with Crippen LogP contribution in [0.3, 0.4) is 0 Å². The molecule has 1 saturated carbocycles. The fourth-order valence-electron chi connectivity index (χ4n) is 2.69. The van der Waals surface area contributed by atoms with Gasteiger partial charge in [0.05, 0.1) is 11.9 Å². The molecular weight excluding hydrogens is 280 g/mol. The number of carboxylic acids is 1. The molecule has 2 aromatic rings. The molecule has 1 fully saturated rings. The van der Waals surface area contributed by atoms with E-state index in [0.29, 0.717) is 0 Å². The Balaban J connectivity index is 1.80. The molecule has 114 valence electrons. The minimum absolute atomic E-state index is 0.0759. The van der Waals surface area contributed by atoms with Crippen molar-refractivity contribution < 1.29 is 14.7 Å². The fraction of sp³-hybridized carbons (Fsp3) is 0.353. The highest BCUT2D eigenvalue weighted by Crippen LogP contribution is 2.29. The maximum absolute atomic E-state index is 12.5. The first-order valence-corrected chi connectivity index (χ1v) is 7.44. The highest BCUT2D eigenvalue weighted by molar-refractivity contribution is 5.86. The first kappa shape index (κ1) is 14.5. The van der Waals surface area contributed by atoms with Crippen molar-refractivity contribution in [3.8, 4) is 0 Å². The highest BCUT2D eigenvalue weighted by Gasteiger charge is 2.38. The van der Waals surface area contributed by atoms with E-state index in [-0.39, 0.29) is 18.4 Å². The van der Waals surface area contributed by atoms with E-state index < -0.39 is 12.0 Å². The number of aliphatic carboxylic acids is 1. The number of carbonyl (C=O) groups is 2. The Morgan fingerprint density at radius 1 is 1.36 bits per heavy atom. The molecule has 0 spiro atoms. The van der Waals surface area contributed by atoms with Crippen molar-refractivity contribution in [1.82, 2.24) is 9.88 Å². The van der Waals surface area contributed by atoms with Gasteiger partial charge in [0.1, 0.15) is 6.04 Å². The van der Waals surface area contributed by atoms with Gasteiger partial charge in [-0.2, -0.15) is 0 Å². The van der Waals surface area contributed by atoms with Crippen LogP contribution in [-0.4, -0.2) is 39.0 Å². The summed E-state index contributed by atoms with van der Waals surface area (Å²) in [5.74, 6) is -1.11. The number of hydrogen-bond donors (Lipinski definition) is 1. The Morgan fingerprint density at radius 2 is 2.09 bits per heavy atom. The third kappa shape index (κ3) is 2.93. The molecule has 1 aromatic heterocycles. The van der Waals surface area contributed by atoms with Gasteiger partial charge < -0.3 is 10.0 Å². The number of carboxylic acid groups (broad SMARTS) is 1. The molecule has 22 heavy (non-hydrogen) atoms. The molecule has 5 heteroatoms. The van der Waals surface area contributed by atoms with Crippen molar-refractivity contribution >= 4 is 22.8 Å². The van der Waals surface area contributed by atoms with Gasteiger partial charge in [0.2, 0.25) is 5.91 Å². The van der Waals surface area contributed by atoms with E-state index in [1.54, 1.807) is 13.1 Å². The first-order valence-electron chi connectivity index (χ1n) is 7.44. The van der Waals surface area contributed by atoms with Gasteiger partial charge in [-0.25, -0.2) is 4.79 Å². The quantitative estimate of drug-likeness (QED) is 0.919. The van der Waals surface area contributed by atoms with Crippen LogP contribution in [0.5, 0.6) is 0 Å². The lowest BCUT2D eigenvalue weighted by Crippen LogP contribution is -2.45. The Kier molecular flexibility index (Phi) is 3.79. The molecule has 0 radical (unpaired) electrons. The van der Waals surface area contributed by atoms with Crippen molar-refractivity contribution in [1.29, 1.82) is 0 Å². The van der Waals surface area contributed by atoms with Crippen LogP contribution < -0.4 is 0 Å². The molecule has 1 aliphatic rings. The van der Waals surface area contributed by atoms with Crippen LogP contribution in [0.15, 0.2) is 36.5 Å². The minimum Gasteiger partial charge on any atom is -0.480 e. The van der Waals surface area contributed by atoms with Crippen LogP contribution >= 0.6 is 0 Å². The molecular formula is C17H18N2O3. The summed E-state index contributed by atoms with van der Waals surface area (Å²) >= 11 is 0. The van der Waals surface area contributed by atoms with Crippen molar-refractivity contribution in [3.05, 3.63) is 42.1 Å². The molecule has 1 heterocycles. The molecule has 1 amide bonds. The van der Waals surface area contributed by atoms with Gasteiger partial charge in [-0.1, -0.05) is 18.2 Å². The Bertz CT molecular complexity index is 725. The fourth-order valence-corrected chi connectivity index (χ4v) is 2.69. The lowest BCUT2D eigenvalue weighted by atomic mass is 10.1. The molecule has 1 unspecified atom stereocenters. The lowest BCUT2D eigenvalue weighted by molar-refractivity contribution is -0.149. The van der Waals surface area contributed by atoms with Gasteiger partial charge in [0.25, 0.3) is 0 Å². The van der Waals surface area contributed by atoms with Gasteiger partial charge >= 0.3 is 5.97 Å². The van der Waals surface area contributed by atoms with Gasteiger partial charge in [0.15, 0.2) is 0 Å². The second-order valence-electron chi connectivity index (χ2n) is 5.76. The second-order valence-corrected chi connectivity index (χ2v) is 5.76. The summed E-state index contributed by atoms with van der Waals surface area (Å²) < 4.78 is 0. The summed E-state index contributed by atoms with van der Waals surface area (Å²) in [4.78, 5) is 29.6. The first-order chi connectivity index (χ1) is 10.6. The molecule has 1 atom stereocenters. The molecule has 0 bridgehead atoms. The Morgan fingerprint density at radius 3 is 2.77 bits per heavy atom. The number of aromatic nitrogens is 1. The van der Waals surface area contributed by atoms with Gasteiger partial charge in [-0.05, 0) is 37.5 Å². The predicted molar refractivity (Wildman–Crippen MR) is 82.4 cm³/mol. The van der Waals surface area contributed by atoms with E-state index in [1.807, 2.05) is 30.3 Å². The van der Waals surface area contributed by atoms with Crippen LogP contribution in [-0.2, 0) is 16.0 Å². The summed E-state index contributed by atoms with van der Waals surface area (Å²) in [6.07, 6.45) is 3.65. The number of pyridine rings is 1. The largest absolute Gasteiger partial charge is 0.480 e. The third-order valence-electron chi connectivity index (χ3n) is 4.01. The van der Waals surface area contributed by atoms with Crippen LogP contribution in [0.4, 0.5) is 0 Å². The number of para-hydroxylation sites is 1. The smallest absolute Gasteiger partial charge is 0.326 e. The van der Waals surface area contributed by atoms with Crippen molar-refractivity contribution in [2.24, 2.45) is 0 Å². The SMILES string of the molecule is CC(C(=O)O)N(C(=O)Cc1cnc2ccccc2c1)C1CC1. The van der Waals surface area contributed by atoms with E-state index >= 15 is 0 Å². The Hall–Kier alpha value is -2.43. The van der Waals surface area contributed by atoms with Crippen LogP contribution in [0, 0.1) is 0 Å². The number of carbonyl (C=O) groups excluding carboxylic acids is 1. The van der Waals surface area contributed by atoms with E-state index in [1.165, 1.54) is 4.90 Å². The second kappa shape index (κ2) is 5.75. The van der Waals surface area contributed by atoms with Crippen molar-refractivity contribution in [3.63, 3.8) is 0 Å². The average molecular weight is 298 g/mol. The van der Waals surface area contributed by atoms with Crippen LogP contribution in [0.2, 0.25) is 0 Å². The Labute approximate surface area is 128 Å². The number of rotatable bonds is 5. The zero-order valence-corrected chi connectivity index (χ0v) is 12.4. The zero-order valence-electron chi connectivity index (χ0n) is 12.4. The van der Waals surface area contributed by atoms with Crippen LogP contribution in [0.1, 0.15) is 25.3 Å². The summed E-state index contributed by atoms with van der Waals surface area (Å²) in [7, 11) is 0. The van der Waals surface area contributed by atoms with E-state index in [9.17, 15) is 14.7 Å². The number of amides is 1. The molecule has 0 aliphatic heterocycles. The number of nitrogens with zero attached hydrogens (tertiary/aromatic N) is 2. The molecule has 5 nitrogen and oxygen atoms in total. The topological polar surface area (TPSA) is 70.5 Å². The van der Waals surface area contributed by atoms with Crippen LogP contribution in [0.25, 0.3) is 10.9 Å². The predicted octanol–water partition coefficient (Wildman–Crippen LogP) is 2.24. The zero-order chi connectivity index (χ0) is 15.7. The maximum Gasteiger partial charge on any atom is 0.326 e. The summed E-state index contributed by atoms with van der Waals surface area (Å²) in [6.45, 7) is 1.57. The highest BCUT2D eigenvalue weighted by atomic mass is 16.4. The molecule has 1 N–H and O–H groups in total. The van der Waals surface area contributed by atoms with Gasteiger partial charge in [-0.15, -0.1) is 0 Å². The van der Waals surface area contributed by atoms with Gasteiger partial charge in [0, 0.05) is 17.6 Å². The minimum atomic E-state index is -0.961. The van der Waals surface area contributed by atoms with Crippen molar-refractivity contribution in [2.75, 3.05) is 0 Å². The molecule has 1 aliphatic carbocycles. The lowest BCUT2D eigenvalue weighted by Gasteiger charge is -2.26. The summed E-state index contributed by atoms with van der Waals surface area (Å²) in [5.41, 5.74) is 1.70. The monoisotopic (exact) mass is 298 g/mol. The average Bonchev–Trinajstić information content (AvgIpc) is 3.32.